The van der Waals surface area contributed by atoms with E-state index in [0.717, 1.165) is 57.8 Å². The molecule has 0 saturated carbocycles. The second-order valence-corrected chi connectivity index (χ2v) is 18.3. The first-order valence-electron chi connectivity index (χ1n) is 27.2. The summed E-state index contributed by atoms with van der Waals surface area (Å²) in [6.07, 6.45) is 69.4. The first kappa shape index (κ1) is 59.9. The summed E-state index contributed by atoms with van der Waals surface area (Å²) in [4.78, 5) is 24.4. The van der Waals surface area contributed by atoms with Crippen molar-refractivity contribution < 1.29 is 24.2 Å². The second kappa shape index (κ2) is 53.2. The molecule has 5 heteroatoms. The summed E-state index contributed by atoms with van der Waals surface area (Å²) in [5.74, 6) is -0.574. The van der Waals surface area contributed by atoms with Crippen LogP contribution in [0.1, 0.15) is 284 Å². The Morgan fingerprint density at radius 3 is 1.05 bits per heavy atom. The largest absolute Gasteiger partial charge is 0.462 e. The van der Waals surface area contributed by atoms with Gasteiger partial charge in [-0.2, -0.15) is 0 Å². The van der Waals surface area contributed by atoms with Gasteiger partial charge in [-0.1, -0.05) is 268 Å². The van der Waals surface area contributed by atoms with Crippen LogP contribution in [-0.2, 0) is 19.1 Å². The monoisotopic (exact) mass is 869 g/mol. The van der Waals surface area contributed by atoms with Crippen LogP contribution in [0.25, 0.3) is 0 Å². The van der Waals surface area contributed by atoms with E-state index < -0.39 is 6.10 Å². The van der Waals surface area contributed by atoms with Crippen molar-refractivity contribution in [1.29, 1.82) is 0 Å². The van der Waals surface area contributed by atoms with Crippen LogP contribution in [0.15, 0.2) is 48.6 Å². The molecule has 0 aromatic rings. The topological polar surface area (TPSA) is 72.8 Å². The van der Waals surface area contributed by atoms with Gasteiger partial charge >= 0.3 is 11.9 Å². The van der Waals surface area contributed by atoms with Crippen LogP contribution in [0.2, 0.25) is 0 Å². The quantitative estimate of drug-likeness (QED) is 0.0375. The van der Waals surface area contributed by atoms with Crippen LogP contribution < -0.4 is 0 Å². The smallest absolute Gasteiger partial charge is 0.306 e. The molecule has 0 saturated heterocycles. The number of carbonyl (C=O) groups is 2. The number of hydrogen-bond acceptors (Lipinski definition) is 5. The average Bonchev–Trinajstić information content (AvgIpc) is 3.28. The normalized spacial score (nSPS) is 12.5. The Morgan fingerprint density at radius 1 is 0.387 bits per heavy atom. The minimum atomic E-state index is -0.768. The zero-order chi connectivity index (χ0) is 44.9. The molecule has 0 amide bonds. The Bertz CT molecular complexity index is 1030. The highest BCUT2D eigenvalue weighted by Gasteiger charge is 2.16. The maximum Gasteiger partial charge on any atom is 0.306 e. The predicted octanol–water partition coefficient (Wildman–Crippen LogP) is 18.1. The SMILES string of the molecule is CC/C=C\C/C=C\C/C=C\C/C=C\CCCCCCCCCCCCCCCCCCCCCCC(=O)OC(CO)COC(=O)CCCCCCCCCCCCCCCCC. The number of unbranched alkanes of at least 4 members (excludes halogenated alkanes) is 34. The van der Waals surface area contributed by atoms with Gasteiger partial charge in [0.15, 0.2) is 6.10 Å². The lowest BCUT2D eigenvalue weighted by molar-refractivity contribution is -0.161. The van der Waals surface area contributed by atoms with Crippen molar-refractivity contribution in [2.45, 2.75) is 290 Å². The van der Waals surface area contributed by atoms with Crippen molar-refractivity contribution in [3.63, 3.8) is 0 Å². The van der Waals surface area contributed by atoms with Gasteiger partial charge in [0.1, 0.15) is 6.61 Å². The molecule has 362 valence electrons. The van der Waals surface area contributed by atoms with Gasteiger partial charge < -0.3 is 14.6 Å². The van der Waals surface area contributed by atoms with Gasteiger partial charge in [-0.15, -0.1) is 0 Å². The van der Waals surface area contributed by atoms with Crippen molar-refractivity contribution in [2.75, 3.05) is 13.2 Å². The van der Waals surface area contributed by atoms with Gasteiger partial charge in [-0.3, -0.25) is 9.59 Å². The number of hydrogen-bond donors (Lipinski definition) is 1. The number of carbonyl (C=O) groups excluding carboxylic acids is 2. The summed E-state index contributed by atoms with van der Waals surface area (Å²) in [6.45, 7) is 4.06. The third-order valence-electron chi connectivity index (χ3n) is 12.1. The molecule has 0 rings (SSSR count). The summed E-state index contributed by atoms with van der Waals surface area (Å²) in [5, 5.41) is 9.63. The molecule has 62 heavy (non-hydrogen) atoms. The first-order valence-corrected chi connectivity index (χ1v) is 27.2. The van der Waals surface area contributed by atoms with E-state index >= 15 is 0 Å². The molecule has 0 aromatic heterocycles. The highest BCUT2D eigenvalue weighted by atomic mass is 16.6. The third kappa shape index (κ3) is 50.5. The molecule has 0 radical (unpaired) electrons. The van der Waals surface area contributed by atoms with Crippen LogP contribution in [0.5, 0.6) is 0 Å². The molecule has 0 aliphatic rings. The summed E-state index contributed by atoms with van der Waals surface area (Å²) in [6, 6.07) is 0. The highest BCUT2D eigenvalue weighted by molar-refractivity contribution is 5.70. The third-order valence-corrected chi connectivity index (χ3v) is 12.1. The fourth-order valence-corrected chi connectivity index (χ4v) is 8.08. The number of ether oxygens (including phenoxy) is 2. The zero-order valence-corrected chi connectivity index (χ0v) is 41.4. The number of aliphatic hydroxyl groups is 1. The lowest BCUT2D eigenvalue weighted by atomic mass is 10.0. The lowest BCUT2D eigenvalue weighted by Crippen LogP contribution is -2.28. The molecule has 1 unspecified atom stereocenters. The summed E-state index contributed by atoms with van der Waals surface area (Å²) >= 11 is 0. The lowest BCUT2D eigenvalue weighted by Gasteiger charge is -2.15. The van der Waals surface area contributed by atoms with E-state index in [-0.39, 0.29) is 25.2 Å². The van der Waals surface area contributed by atoms with Gasteiger partial charge in [-0.25, -0.2) is 0 Å². The molecule has 5 nitrogen and oxygen atoms in total. The average molecular weight is 869 g/mol. The summed E-state index contributed by atoms with van der Waals surface area (Å²) < 4.78 is 10.7. The first-order chi connectivity index (χ1) is 30.6. The number of rotatable bonds is 50. The van der Waals surface area contributed by atoms with Crippen molar-refractivity contribution in [2.24, 2.45) is 0 Å². The van der Waals surface area contributed by atoms with Crippen LogP contribution in [-0.4, -0.2) is 36.4 Å². The molecule has 1 N–H and O–H groups in total. The Balaban J connectivity index is 3.41. The molecule has 0 aliphatic heterocycles. The number of aliphatic hydroxyl groups excluding tert-OH is 1. The van der Waals surface area contributed by atoms with E-state index in [4.69, 9.17) is 9.47 Å². The van der Waals surface area contributed by atoms with E-state index in [1.807, 2.05) is 0 Å². The molecule has 0 heterocycles. The van der Waals surface area contributed by atoms with Crippen molar-refractivity contribution in [3.8, 4) is 0 Å². The van der Waals surface area contributed by atoms with E-state index in [1.165, 1.54) is 199 Å². The molecule has 0 aromatic carbocycles. The van der Waals surface area contributed by atoms with Crippen LogP contribution in [0.3, 0.4) is 0 Å². The molecule has 0 spiro atoms. The van der Waals surface area contributed by atoms with Gasteiger partial charge in [0.05, 0.1) is 6.61 Å². The molecule has 0 aliphatic carbocycles. The molecular weight excluding hydrogens is 765 g/mol. The standard InChI is InChI=1S/C57H104O5/c1-3-5-7-9-11-13-15-17-19-20-21-22-23-24-25-26-27-28-29-30-31-32-33-34-35-36-38-40-42-44-46-48-50-52-57(60)62-55(53-58)54-61-56(59)51-49-47-45-43-41-39-37-18-16-14-12-10-8-6-4-2/h5,7,11,13,17,19,21-22,55,58H,3-4,6,8-10,12,14-16,18,20,23-54H2,1-2H3/b7-5-,13-11-,19-17-,22-21-. The number of esters is 2. The summed E-state index contributed by atoms with van der Waals surface area (Å²) in [7, 11) is 0. The Kier molecular flexibility index (Phi) is 51.4. The van der Waals surface area contributed by atoms with Crippen molar-refractivity contribution >= 4 is 11.9 Å². The molecule has 0 fully saturated rings. The predicted molar refractivity (Wildman–Crippen MR) is 270 cm³/mol. The van der Waals surface area contributed by atoms with Crippen LogP contribution in [0, 0.1) is 0 Å². The Morgan fingerprint density at radius 2 is 0.694 bits per heavy atom. The summed E-state index contributed by atoms with van der Waals surface area (Å²) in [5.41, 5.74) is 0. The van der Waals surface area contributed by atoms with Gasteiger partial charge in [0, 0.05) is 12.8 Å². The zero-order valence-electron chi connectivity index (χ0n) is 41.4. The fraction of sp³-hybridized carbons (Fsp3) is 0.825. The molecule has 0 bridgehead atoms. The highest BCUT2D eigenvalue weighted by Crippen LogP contribution is 2.17. The van der Waals surface area contributed by atoms with E-state index in [2.05, 4.69) is 62.5 Å². The van der Waals surface area contributed by atoms with E-state index in [1.54, 1.807) is 0 Å². The minimum absolute atomic E-state index is 0.0601. The maximum absolute atomic E-state index is 12.3. The van der Waals surface area contributed by atoms with Gasteiger partial charge in [-0.05, 0) is 51.4 Å². The minimum Gasteiger partial charge on any atom is -0.462 e. The van der Waals surface area contributed by atoms with Crippen LogP contribution in [0.4, 0.5) is 0 Å². The number of allylic oxidation sites excluding steroid dienone is 8. The van der Waals surface area contributed by atoms with Gasteiger partial charge in [0.2, 0.25) is 0 Å². The van der Waals surface area contributed by atoms with E-state index in [9.17, 15) is 14.7 Å². The second-order valence-electron chi connectivity index (χ2n) is 18.3. The molecular formula is C57H104O5. The van der Waals surface area contributed by atoms with Crippen molar-refractivity contribution in [1.82, 2.24) is 0 Å². The fourth-order valence-electron chi connectivity index (χ4n) is 8.08. The van der Waals surface area contributed by atoms with Crippen molar-refractivity contribution in [3.05, 3.63) is 48.6 Å². The Hall–Kier alpha value is -2.14. The van der Waals surface area contributed by atoms with Crippen LogP contribution >= 0.6 is 0 Å². The van der Waals surface area contributed by atoms with E-state index in [0.29, 0.717) is 12.8 Å². The maximum atomic E-state index is 12.3. The molecule has 1 atom stereocenters. The Labute approximate surface area is 386 Å². The van der Waals surface area contributed by atoms with Gasteiger partial charge in [0.25, 0.3) is 0 Å².